The van der Waals surface area contributed by atoms with Crippen molar-refractivity contribution in [1.29, 1.82) is 0 Å². The molecule has 7 heteroatoms. The number of carbonyl (C=O) groups excluding carboxylic acids is 1. The van der Waals surface area contributed by atoms with E-state index in [9.17, 15) is 10.0 Å². The van der Waals surface area contributed by atoms with E-state index in [-0.39, 0.29) is 17.6 Å². The van der Waals surface area contributed by atoms with Crippen molar-refractivity contribution in [1.82, 2.24) is 5.06 Å². The van der Waals surface area contributed by atoms with E-state index < -0.39 is 4.97 Å². The van der Waals surface area contributed by atoms with Gasteiger partial charge in [-0.05, 0) is 95.5 Å². The number of carbonyl (C=O) groups is 1. The van der Waals surface area contributed by atoms with E-state index in [2.05, 4.69) is 0 Å². The van der Waals surface area contributed by atoms with E-state index in [1.807, 2.05) is 95.5 Å². The maximum atomic E-state index is 11.9. The number of nitrogens with zero attached hydrogens (tertiary/aromatic N) is 1. The van der Waals surface area contributed by atoms with Gasteiger partial charge in [0.25, 0.3) is 0 Å². The summed E-state index contributed by atoms with van der Waals surface area (Å²) >= 11 is 6.11. The molecule has 0 saturated carbocycles. The molecule has 1 atom stereocenters. The standard InChI is InChI=1S/C10H16I3NO3/c1-8(2)5-6(9(3,4)14(8)16)17-7(15)10(11,12)13/h6,16H,5H2,1-4H3. The summed E-state index contributed by atoms with van der Waals surface area (Å²) in [6.07, 6.45) is 0.330. The molecule has 1 rings (SSSR count). The van der Waals surface area contributed by atoms with Gasteiger partial charge in [0.1, 0.15) is 6.10 Å². The highest BCUT2D eigenvalue weighted by molar-refractivity contribution is 14.3. The van der Waals surface area contributed by atoms with Gasteiger partial charge in [-0.25, -0.2) is 4.79 Å². The van der Waals surface area contributed by atoms with Crippen molar-refractivity contribution < 1.29 is 14.7 Å². The van der Waals surface area contributed by atoms with Crippen LogP contribution in [-0.2, 0) is 9.53 Å². The molecule has 0 amide bonds. The van der Waals surface area contributed by atoms with Gasteiger partial charge in [0.05, 0.1) is 5.54 Å². The molecule has 1 N–H and O–H groups in total. The van der Waals surface area contributed by atoms with Crippen LogP contribution in [0.5, 0.6) is 0 Å². The lowest BCUT2D eigenvalue weighted by Crippen LogP contribution is -2.49. The highest BCUT2D eigenvalue weighted by Gasteiger charge is 2.54. The third kappa shape index (κ3) is 3.57. The van der Waals surface area contributed by atoms with Gasteiger partial charge in [-0.1, -0.05) is 0 Å². The van der Waals surface area contributed by atoms with Crippen molar-refractivity contribution in [3.05, 3.63) is 0 Å². The van der Waals surface area contributed by atoms with Gasteiger partial charge in [0, 0.05) is 12.0 Å². The lowest BCUT2D eigenvalue weighted by molar-refractivity contribution is -0.205. The van der Waals surface area contributed by atoms with Gasteiger partial charge in [-0.3, -0.25) is 0 Å². The minimum atomic E-state index is -0.601. The maximum absolute atomic E-state index is 11.9. The van der Waals surface area contributed by atoms with Crippen LogP contribution in [0.3, 0.4) is 0 Å². The Hall–Kier alpha value is 1.58. The molecule has 1 aliphatic heterocycles. The van der Waals surface area contributed by atoms with Gasteiger partial charge in [0.15, 0.2) is 0 Å². The van der Waals surface area contributed by atoms with Crippen LogP contribution in [0.2, 0.25) is 0 Å². The average Bonchev–Trinajstić information content (AvgIpc) is 2.26. The summed E-state index contributed by atoms with van der Waals surface area (Å²) in [5, 5.41) is 11.4. The number of halogens is 3. The fourth-order valence-corrected chi connectivity index (χ4v) is 2.47. The van der Waals surface area contributed by atoms with Gasteiger partial charge in [-0.15, -0.1) is 0 Å². The zero-order chi connectivity index (χ0) is 13.6. The molecule has 1 aliphatic rings. The molecule has 0 radical (unpaired) electrons. The van der Waals surface area contributed by atoms with E-state index in [0.29, 0.717) is 6.42 Å². The summed E-state index contributed by atoms with van der Waals surface area (Å²) in [7, 11) is 0. The first kappa shape index (κ1) is 16.6. The van der Waals surface area contributed by atoms with Crippen LogP contribution in [0, 0.1) is 0 Å². The topological polar surface area (TPSA) is 49.8 Å². The van der Waals surface area contributed by atoms with E-state index in [1.54, 1.807) is 0 Å². The Balaban J connectivity index is 2.84. The van der Waals surface area contributed by atoms with Crippen molar-refractivity contribution in [2.75, 3.05) is 0 Å². The lowest BCUT2D eigenvalue weighted by Gasteiger charge is -2.35. The molecule has 0 aliphatic carbocycles. The maximum Gasteiger partial charge on any atom is 0.342 e. The van der Waals surface area contributed by atoms with Gasteiger partial charge >= 0.3 is 5.97 Å². The van der Waals surface area contributed by atoms with E-state index in [1.165, 1.54) is 5.06 Å². The first-order valence-electron chi connectivity index (χ1n) is 5.16. The largest absolute Gasteiger partial charge is 0.458 e. The third-order valence-electron chi connectivity index (χ3n) is 3.07. The normalized spacial score (nSPS) is 28.1. The molecule has 1 heterocycles. The van der Waals surface area contributed by atoms with E-state index >= 15 is 0 Å². The lowest BCUT2D eigenvalue weighted by atomic mass is 9.97. The van der Waals surface area contributed by atoms with Gasteiger partial charge in [-0.2, -0.15) is 5.06 Å². The number of hydrogen-bond donors (Lipinski definition) is 1. The minimum Gasteiger partial charge on any atom is -0.458 e. The molecule has 100 valence electrons. The summed E-state index contributed by atoms with van der Waals surface area (Å²) in [6, 6.07) is 0. The zero-order valence-electron chi connectivity index (χ0n) is 10.1. The second-order valence-electron chi connectivity index (χ2n) is 5.37. The monoisotopic (exact) mass is 579 g/mol. The fourth-order valence-electron chi connectivity index (χ4n) is 2.09. The molecule has 0 aromatic carbocycles. The van der Waals surface area contributed by atoms with E-state index in [4.69, 9.17) is 4.74 Å². The van der Waals surface area contributed by atoms with Gasteiger partial charge < -0.3 is 9.94 Å². The molecule has 17 heavy (non-hydrogen) atoms. The number of hydroxylamine groups is 2. The van der Waals surface area contributed by atoms with Crippen LogP contribution < -0.4 is 0 Å². The summed E-state index contributed by atoms with van der Waals surface area (Å²) in [6.45, 7) is 7.64. The molecular weight excluding hydrogens is 563 g/mol. The Labute approximate surface area is 143 Å². The van der Waals surface area contributed by atoms with Crippen LogP contribution in [0.4, 0.5) is 0 Å². The quantitative estimate of drug-likeness (QED) is 0.310. The number of alkyl halides is 3. The van der Waals surface area contributed by atoms with Crippen molar-refractivity contribution >= 4 is 73.7 Å². The van der Waals surface area contributed by atoms with Crippen molar-refractivity contribution in [2.24, 2.45) is 0 Å². The Morgan fingerprint density at radius 2 is 1.82 bits per heavy atom. The Kier molecular flexibility index (Phi) is 5.06. The summed E-state index contributed by atoms with van der Waals surface area (Å²) in [5.41, 5.74) is -0.937. The molecule has 1 unspecified atom stereocenters. The first-order valence-corrected chi connectivity index (χ1v) is 8.39. The molecule has 0 bridgehead atoms. The predicted octanol–water partition coefficient (Wildman–Crippen LogP) is 3.51. The number of hydrogen-bond acceptors (Lipinski definition) is 4. The van der Waals surface area contributed by atoms with Crippen LogP contribution in [0.15, 0.2) is 0 Å². The third-order valence-corrected chi connectivity index (χ3v) is 4.39. The predicted molar refractivity (Wildman–Crippen MR) is 91.1 cm³/mol. The zero-order valence-corrected chi connectivity index (χ0v) is 16.6. The molecule has 0 spiro atoms. The Morgan fingerprint density at radius 3 is 2.12 bits per heavy atom. The second-order valence-corrected chi connectivity index (χ2v) is 16.4. The summed E-state index contributed by atoms with van der Waals surface area (Å²) < 4.78 is 4.93. The molecule has 1 saturated heterocycles. The van der Waals surface area contributed by atoms with Crippen LogP contribution >= 0.6 is 67.8 Å². The van der Waals surface area contributed by atoms with Gasteiger partial charge in [0.2, 0.25) is -0.565 Å². The summed E-state index contributed by atoms with van der Waals surface area (Å²) in [4.78, 5) is 11.9. The Morgan fingerprint density at radius 1 is 1.35 bits per heavy atom. The van der Waals surface area contributed by atoms with Crippen LogP contribution in [0.25, 0.3) is 0 Å². The average molecular weight is 579 g/mol. The molecule has 4 nitrogen and oxygen atoms in total. The molecule has 0 aromatic heterocycles. The second kappa shape index (κ2) is 5.17. The Bertz CT molecular complexity index is 325. The van der Waals surface area contributed by atoms with Crippen LogP contribution in [-0.4, -0.2) is 32.9 Å². The summed E-state index contributed by atoms with van der Waals surface area (Å²) in [5.74, 6) is -0.261. The molecule has 0 aromatic rings. The number of rotatable bonds is 2. The number of ether oxygens (including phenoxy) is 1. The molecular formula is C10H16I3NO3. The van der Waals surface area contributed by atoms with Crippen LogP contribution in [0.1, 0.15) is 34.1 Å². The SMILES string of the molecule is CC1(C)CC(OC(=O)C(I)(I)I)C(C)(C)N1O. The minimum absolute atomic E-state index is 0.261. The smallest absolute Gasteiger partial charge is 0.342 e. The van der Waals surface area contributed by atoms with Crippen molar-refractivity contribution in [2.45, 2.75) is 50.7 Å². The van der Waals surface area contributed by atoms with E-state index in [0.717, 1.165) is 0 Å². The van der Waals surface area contributed by atoms with Crippen molar-refractivity contribution in [3.63, 3.8) is 0 Å². The fraction of sp³-hybridized carbons (Fsp3) is 0.900. The highest BCUT2D eigenvalue weighted by Crippen LogP contribution is 2.43. The highest BCUT2D eigenvalue weighted by atomic mass is 127. The molecule has 1 fully saturated rings. The first-order chi connectivity index (χ1) is 7.39. The number of esters is 1. The van der Waals surface area contributed by atoms with Crippen molar-refractivity contribution in [3.8, 4) is 0 Å².